The summed E-state index contributed by atoms with van der Waals surface area (Å²) in [5.74, 6) is 1.77. The van der Waals surface area contributed by atoms with Gasteiger partial charge in [-0.15, -0.1) is 11.3 Å². The predicted octanol–water partition coefficient (Wildman–Crippen LogP) is 3.76. The van der Waals surface area contributed by atoms with E-state index in [4.69, 9.17) is 9.97 Å². The van der Waals surface area contributed by atoms with Crippen LogP contribution in [0, 0.1) is 6.92 Å². The number of fused-ring (bicyclic) bond motifs is 1. The van der Waals surface area contributed by atoms with Gasteiger partial charge in [0, 0.05) is 17.3 Å². The fraction of sp³-hybridized carbons (Fsp3) is 0.471. The molecule has 1 aliphatic carbocycles. The molecule has 0 atom stereocenters. The summed E-state index contributed by atoms with van der Waals surface area (Å²) in [6, 6.07) is 4.53. The molecule has 7 heteroatoms. The van der Waals surface area contributed by atoms with Crippen molar-refractivity contribution in [3.8, 4) is 0 Å². The topological polar surface area (TPSA) is 70.9 Å². The summed E-state index contributed by atoms with van der Waals surface area (Å²) in [6.07, 6.45) is 4.28. The first-order valence-electron chi connectivity index (χ1n) is 8.28. The highest BCUT2D eigenvalue weighted by Crippen LogP contribution is 2.30. The molecule has 0 amide bonds. The van der Waals surface area contributed by atoms with Crippen LogP contribution in [-0.4, -0.2) is 31.6 Å². The molecule has 3 aromatic rings. The van der Waals surface area contributed by atoms with Gasteiger partial charge in [0.15, 0.2) is 0 Å². The highest BCUT2D eigenvalue weighted by molar-refractivity contribution is 7.17. The molecule has 2 N–H and O–H groups in total. The Hall–Kier alpha value is -1.57. The predicted molar refractivity (Wildman–Crippen MR) is 99.0 cm³/mol. The lowest BCUT2D eigenvalue weighted by Crippen LogP contribution is -2.28. The van der Waals surface area contributed by atoms with Crippen molar-refractivity contribution in [2.24, 2.45) is 0 Å². The van der Waals surface area contributed by atoms with Crippen LogP contribution in [0.3, 0.4) is 0 Å². The lowest BCUT2D eigenvalue weighted by molar-refractivity contribution is 0.126. The van der Waals surface area contributed by atoms with E-state index < -0.39 is 0 Å². The first-order valence-corrected chi connectivity index (χ1v) is 9.93. The van der Waals surface area contributed by atoms with Gasteiger partial charge in [-0.2, -0.15) is 4.37 Å². The Morgan fingerprint density at radius 1 is 1.25 bits per heavy atom. The van der Waals surface area contributed by atoms with Gasteiger partial charge in [-0.05, 0) is 61.7 Å². The number of aromatic nitrogens is 3. The molecule has 0 saturated heterocycles. The summed E-state index contributed by atoms with van der Waals surface area (Å²) in [7, 11) is 0. The number of rotatable bonds is 4. The Morgan fingerprint density at radius 2 is 2.08 bits per heavy atom. The van der Waals surface area contributed by atoms with E-state index in [9.17, 15) is 5.11 Å². The molecular formula is C17H20N4OS2. The molecule has 1 saturated carbocycles. The fourth-order valence-electron chi connectivity index (χ4n) is 3.16. The molecule has 0 radical (unpaired) electrons. The van der Waals surface area contributed by atoms with Gasteiger partial charge < -0.3 is 10.4 Å². The molecule has 3 heterocycles. The highest BCUT2D eigenvalue weighted by Gasteiger charge is 2.21. The van der Waals surface area contributed by atoms with Gasteiger partial charge in [0.1, 0.15) is 11.6 Å². The van der Waals surface area contributed by atoms with Crippen molar-refractivity contribution < 1.29 is 5.11 Å². The van der Waals surface area contributed by atoms with E-state index in [1.807, 2.05) is 6.92 Å². The summed E-state index contributed by atoms with van der Waals surface area (Å²) < 4.78 is 5.45. The van der Waals surface area contributed by atoms with Crippen molar-refractivity contribution in [3.63, 3.8) is 0 Å². The lowest BCUT2D eigenvalue weighted by Gasteiger charge is -2.26. The maximum Gasteiger partial charge on any atom is 0.148 e. The van der Waals surface area contributed by atoms with Crippen LogP contribution in [0.15, 0.2) is 17.5 Å². The van der Waals surface area contributed by atoms with E-state index in [0.717, 1.165) is 59.7 Å². The molecule has 0 unspecified atom stereocenters. The molecule has 0 aromatic carbocycles. The van der Waals surface area contributed by atoms with Crippen LogP contribution >= 0.6 is 22.9 Å². The SMILES string of the molecule is Cc1cc(Cc2nc(NC3CCC(O)CC3)c3sccc3n2)sn1. The quantitative estimate of drug-likeness (QED) is 0.741. The molecule has 1 aliphatic rings. The Kier molecular flexibility index (Phi) is 4.47. The van der Waals surface area contributed by atoms with E-state index in [1.54, 1.807) is 11.3 Å². The van der Waals surface area contributed by atoms with Gasteiger partial charge in [0.2, 0.25) is 0 Å². The number of nitrogens with zero attached hydrogens (tertiary/aromatic N) is 3. The van der Waals surface area contributed by atoms with Crippen LogP contribution in [0.2, 0.25) is 0 Å². The number of hydrogen-bond acceptors (Lipinski definition) is 7. The molecule has 0 spiro atoms. The van der Waals surface area contributed by atoms with Crippen molar-refractivity contribution in [1.82, 2.24) is 14.3 Å². The van der Waals surface area contributed by atoms with Crippen LogP contribution < -0.4 is 5.32 Å². The van der Waals surface area contributed by atoms with Crippen LogP contribution in [0.4, 0.5) is 5.82 Å². The second-order valence-corrected chi connectivity index (χ2v) is 8.19. The molecular weight excluding hydrogens is 340 g/mol. The van der Waals surface area contributed by atoms with E-state index >= 15 is 0 Å². The average molecular weight is 361 g/mol. The Morgan fingerprint density at radius 3 is 2.83 bits per heavy atom. The van der Waals surface area contributed by atoms with E-state index in [-0.39, 0.29) is 6.10 Å². The summed E-state index contributed by atoms with van der Waals surface area (Å²) in [5, 5.41) is 15.3. The van der Waals surface area contributed by atoms with E-state index in [0.29, 0.717) is 6.04 Å². The summed E-state index contributed by atoms with van der Waals surface area (Å²) in [6.45, 7) is 2.01. The Bertz CT molecular complexity index is 836. The maximum absolute atomic E-state index is 9.69. The average Bonchev–Trinajstić information content (AvgIpc) is 3.19. The van der Waals surface area contributed by atoms with Crippen molar-refractivity contribution >= 4 is 38.9 Å². The first kappa shape index (κ1) is 15.9. The van der Waals surface area contributed by atoms with E-state index in [2.05, 4.69) is 27.2 Å². The van der Waals surface area contributed by atoms with E-state index in [1.165, 1.54) is 16.4 Å². The Labute approximate surface area is 149 Å². The van der Waals surface area contributed by atoms with Crippen molar-refractivity contribution in [2.75, 3.05) is 5.32 Å². The molecule has 5 nitrogen and oxygen atoms in total. The standard InChI is InChI=1S/C17H20N4OS2/c1-10-8-13(24-21-10)9-15-19-14-6-7-23-16(14)17(20-15)18-11-2-4-12(22)5-3-11/h6-8,11-12,22H,2-5,9H2,1H3,(H,18,19,20). The van der Waals surface area contributed by atoms with Crippen LogP contribution in [0.5, 0.6) is 0 Å². The lowest BCUT2D eigenvalue weighted by atomic mass is 9.93. The molecule has 3 aromatic heterocycles. The van der Waals surface area contributed by atoms with Gasteiger partial charge in [-0.25, -0.2) is 9.97 Å². The maximum atomic E-state index is 9.69. The molecule has 0 aliphatic heterocycles. The zero-order valence-electron chi connectivity index (χ0n) is 13.5. The highest BCUT2D eigenvalue weighted by atomic mass is 32.1. The van der Waals surface area contributed by atoms with Crippen LogP contribution in [0.25, 0.3) is 10.2 Å². The zero-order valence-corrected chi connectivity index (χ0v) is 15.2. The monoisotopic (exact) mass is 360 g/mol. The van der Waals surface area contributed by atoms with Gasteiger partial charge in [0.05, 0.1) is 22.0 Å². The van der Waals surface area contributed by atoms with Crippen LogP contribution in [-0.2, 0) is 6.42 Å². The second-order valence-electron chi connectivity index (χ2n) is 6.38. The third-order valence-corrected chi connectivity index (χ3v) is 6.18. The minimum Gasteiger partial charge on any atom is -0.393 e. The number of anilines is 1. The number of nitrogens with one attached hydrogen (secondary N) is 1. The van der Waals surface area contributed by atoms with Gasteiger partial charge >= 0.3 is 0 Å². The van der Waals surface area contributed by atoms with Gasteiger partial charge in [-0.3, -0.25) is 0 Å². The third-order valence-electron chi connectivity index (χ3n) is 4.40. The minimum atomic E-state index is -0.139. The van der Waals surface area contributed by atoms with Gasteiger partial charge in [-0.1, -0.05) is 0 Å². The minimum absolute atomic E-state index is 0.139. The molecule has 24 heavy (non-hydrogen) atoms. The second kappa shape index (κ2) is 6.74. The van der Waals surface area contributed by atoms with Crippen molar-refractivity contribution in [3.05, 3.63) is 33.9 Å². The van der Waals surface area contributed by atoms with Gasteiger partial charge in [0.25, 0.3) is 0 Å². The van der Waals surface area contributed by atoms with Crippen LogP contribution in [0.1, 0.15) is 42.1 Å². The number of hydrogen-bond donors (Lipinski definition) is 2. The van der Waals surface area contributed by atoms with Crippen molar-refractivity contribution in [1.29, 1.82) is 0 Å². The van der Waals surface area contributed by atoms with Crippen molar-refractivity contribution in [2.45, 2.75) is 51.2 Å². The number of thiophene rings is 1. The number of aliphatic hydroxyl groups excluding tert-OH is 1. The third kappa shape index (κ3) is 3.43. The molecule has 1 fully saturated rings. The molecule has 4 rings (SSSR count). The summed E-state index contributed by atoms with van der Waals surface area (Å²) in [5.41, 5.74) is 2.05. The largest absolute Gasteiger partial charge is 0.393 e. The summed E-state index contributed by atoms with van der Waals surface area (Å²) in [4.78, 5) is 10.7. The molecule has 0 bridgehead atoms. The normalized spacial score (nSPS) is 21.2. The smallest absolute Gasteiger partial charge is 0.148 e. The number of aliphatic hydroxyl groups is 1. The zero-order chi connectivity index (χ0) is 16.5. The first-order chi connectivity index (χ1) is 11.7. The fourth-order valence-corrected chi connectivity index (χ4v) is 4.67. The Balaban J connectivity index is 1.60. The molecule has 126 valence electrons. The number of aryl methyl sites for hydroxylation is 1. The summed E-state index contributed by atoms with van der Waals surface area (Å²) >= 11 is 3.19.